The Morgan fingerprint density at radius 2 is 1.16 bits per heavy atom. The molecule has 0 radical (unpaired) electrons. The van der Waals surface area contributed by atoms with Crippen LogP contribution in [-0.2, 0) is 5.41 Å². The lowest BCUT2D eigenvalue weighted by Gasteiger charge is -2.41. The largest absolute Gasteiger partial charge is 0.293 e. The second-order valence-electron chi connectivity index (χ2n) is 8.73. The number of ketones is 2. The summed E-state index contributed by atoms with van der Waals surface area (Å²) in [5.41, 5.74) is 7.08. The van der Waals surface area contributed by atoms with Crippen molar-refractivity contribution in [3.05, 3.63) is 142 Å². The summed E-state index contributed by atoms with van der Waals surface area (Å²) in [7, 11) is 0. The summed E-state index contributed by atoms with van der Waals surface area (Å²) < 4.78 is 0. The lowest BCUT2D eigenvalue weighted by molar-refractivity contribution is 0.0921. The summed E-state index contributed by atoms with van der Waals surface area (Å²) in [6.07, 6.45) is 0. The molecule has 2 nitrogen and oxygen atoms in total. The van der Waals surface area contributed by atoms with Crippen LogP contribution >= 0.6 is 0 Å². The van der Waals surface area contributed by atoms with Crippen LogP contribution < -0.4 is 0 Å². The summed E-state index contributed by atoms with van der Waals surface area (Å²) in [4.78, 5) is 28.1. The van der Waals surface area contributed by atoms with E-state index in [0.717, 1.165) is 50.1 Å². The highest BCUT2D eigenvalue weighted by molar-refractivity contribution is 6.42. The molecule has 4 aromatic rings. The number of rotatable bonds is 1. The normalized spacial score (nSPS) is 22.2. The topological polar surface area (TPSA) is 34.1 Å². The third-order valence-electron chi connectivity index (χ3n) is 7.40. The lowest BCUT2D eigenvalue weighted by Crippen LogP contribution is -2.41. The molecule has 150 valence electrons. The molecule has 0 aromatic heterocycles. The fourth-order valence-electron chi connectivity index (χ4n) is 6.26. The molecule has 3 aliphatic rings. The summed E-state index contributed by atoms with van der Waals surface area (Å²) in [5.74, 6) is -0.0761. The van der Waals surface area contributed by atoms with E-state index in [1.165, 1.54) is 0 Å². The van der Waals surface area contributed by atoms with E-state index in [-0.39, 0.29) is 17.5 Å². The maximum atomic E-state index is 14.4. The van der Waals surface area contributed by atoms with E-state index >= 15 is 0 Å². The number of carbonyl (C=O) groups excluding carboxylic acids is 2. The molecule has 0 amide bonds. The number of fused-ring (bicyclic) bond motifs is 9. The molecular formula is C30H18O2. The van der Waals surface area contributed by atoms with Gasteiger partial charge in [0, 0.05) is 22.6 Å². The van der Waals surface area contributed by atoms with Crippen molar-refractivity contribution in [2.24, 2.45) is 0 Å². The van der Waals surface area contributed by atoms with Crippen LogP contribution in [0.5, 0.6) is 0 Å². The van der Waals surface area contributed by atoms with Gasteiger partial charge in [-0.3, -0.25) is 9.59 Å². The van der Waals surface area contributed by atoms with Crippen LogP contribution in [0.3, 0.4) is 0 Å². The Kier molecular flexibility index (Phi) is 3.31. The number of carbonyl (C=O) groups is 2. The van der Waals surface area contributed by atoms with E-state index in [1.54, 1.807) is 0 Å². The summed E-state index contributed by atoms with van der Waals surface area (Å²) >= 11 is 0. The second-order valence-corrected chi connectivity index (χ2v) is 8.73. The molecule has 3 aliphatic carbocycles. The van der Waals surface area contributed by atoms with Gasteiger partial charge in [-0.05, 0) is 33.4 Å². The molecule has 0 bridgehead atoms. The van der Waals surface area contributed by atoms with Gasteiger partial charge in [0.2, 0.25) is 0 Å². The van der Waals surface area contributed by atoms with Gasteiger partial charge in [0.15, 0.2) is 11.6 Å². The highest BCUT2D eigenvalue weighted by Gasteiger charge is 2.61. The second kappa shape index (κ2) is 6.02. The lowest BCUT2D eigenvalue weighted by atomic mass is 9.58. The van der Waals surface area contributed by atoms with Gasteiger partial charge >= 0.3 is 0 Å². The highest BCUT2D eigenvalue weighted by Crippen LogP contribution is 2.65. The summed E-state index contributed by atoms with van der Waals surface area (Å²) in [5, 5.41) is 0. The van der Waals surface area contributed by atoms with Crippen LogP contribution in [0.15, 0.2) is 103 Å². The zero-order valence-corrected chi connectivity index (χ0v) is 17.2. The van der Waals surface area contributed by atoms with Gasteiger partial charge in [0.05, 0.1) is 5.41 Å². The Balaban J connectivity index is 1.70. The average molecular weight is 410 g/mol. The van der Waals surface area contributed by atoms with Crippen molar-refractivity contribution in [1.29, 1.82) is 0 Å². The Bertz CT molecular complexity index is 1510. The Hall–Kier alpha value is -4.04. The van der Waals surface area contributed by atoms with E-state index in [9.17, 15) is 9.59 Å². The number of hydrogen-bond acceptors (Lipinski definition) is 2. The minimum Gasteiger partial charge on any atom is -0.293 e. The number of allylic oxidation sites excluding steroid dienone is 2. The fourth-order valence-corrected chi connectivity index (χ4v) is 6.26. The molecule has 7 rings (SSSR count). The first-order valence-corrected chi connectivity index (χ1v) is 10.9. The zero-order valence-electron chi connectivity index (χ0n) is 17.2. The van der Waals surface area contributed by atoms with Crippen molar-refractivity contribution >= 4 is 22.7 Å². The zero-order chi connectivity index (χ0) is 21.4. The average Bonchev–Trinajstić information content (AvgIpc) is 3.30. The van der Waals surface area contributed by atoms with Crippen molar-refractivity contribution in [2.75, 3.05) is 0 Å². The van der Waals surface area contributed by atoms with Gasteiger partial charge in [-0.2, -0.15) is 0 Å². The van der Waals surface area contributed by atoms with Gasteiger partial charge in [0.1, 0.15) is 0 Å². The molecule has 0 saturated heterocycles. The van der Waals surface area contributed by atoms with Gasteiger partial charge in [-0.1, -0.05) is 103 Å². The molecule has 0 saturated carbocycles. The SMILES string of the molecule is O=C1C2=C(c3ccccc31)[C@H]1c3ccccc3C(=O)[C@]1(c1ccccc1)c1ccccc12. The minimum atomic E-state index is -0.891. The van der Waals surface area contributed by atoms with Crippen LogP contribution in [0, 0.1) is 0 Å². The van der Waals surface area contributed by atoms with Crippen LogP contribution in [0.1, 0.15) is 54.5 Å². The van der Waals surface area contributed by atoms with Gasteiger partial charge in [0.25, 0.3) is 0 Å². The van der Waals surface area contributed by atoms with Gasteiger partial charge < -0.3 is 0 Å². The molecule has 0 fully saturated rings. The molecule has 0 aliphatic heterocycles. The molecule has 0 heterocycles. The van der Waals surface area contributed by atoms with Gasteiger partial charge in [-0.15, -0.1) is 0 Å². The highest BCUT2D eigenvalue weighted by atomic mass is 16.1. The van der Waals surface area contributed by atoms with Crippen LogP contribution in [0.4, 0.5) is 0 Å². The fraction of sp³-hybridized carbons (Fsp3) is 0.0667. The smallest absolute Gasteiger partial charge is 0.194 e. The maximum absolute atomic E-state index is 14.4. The monoisotopic (exact) mass is 410 g/mol. The molecule has 0 N–H and O–H groups in total. The predicted octanol–water partition coefficient (Wildman–Crippen LogP) is 6.07. The van der Waals surface area contributed by atoms with Crippen molar-refractivity contribution in [3.63, 3.8) is 0 Å². The molecule has 32 heavy (non-hydrogen) atoms. The van der Waals surface area contributed by atoms with E-state index in [2.05, 4.69) is 18.2 Å². The third-order valence-corrected chi connectivity index (χ3v) is 7.40. The summed E-state index contributed by atoms with van der Waals surface area (Å²) in [6.45, 7) is 0. The third kappa shape index (κ3) is 1.87. The predicted molar refractivity (Wildman–Crippen MR) is 125 cm³/mol. The van der Waals surface area contributed by atoms with Crippen molar-refractivity contribution in [3.8, 4) is 0 Å². The molecule has 0 spiro atoms. The number of Topliss-reactive ketones (excluding diaryl/α,β-unsaturated/α-hetero) is 2. The molecule has 2 heteroatoms. The Labute approximate surface area is 185 Å². The molecule has 4 aromatic carbocycles. The first-order valence-electron chi connectivity index (χ1n) is 10.9. The van der Waals surface area contributed by atoms with Crippen molar-refractivity contribution in [2.45, 2.75) is 11.3 Å². The van der Waals surface area contributed by atoms with Crippen molar-refractivity contribution < 1.29 is 9.59 Å². The van der Waals surface area contributed by atoms with Gasteiger partial charge in [-0.25, -0.2) is 0 Å². The number of benzene rings is 4. The minimum absolute atomic E-state index is 0.0570. The Morgan fingerprint density at radius 3 is 1.94 bits per heavy atom. The first kappa shape index (κ1) is 17.6. The van der Waals surface area contributed by atoms with Crippen LogP contribution in [0.25, 0.3) is 11.1 Å². The summed E-state index contributed by atoms with van der Waals surface area (Å²) in [6, 6.07) is 33.8. The quantitative estimate of drug-likeness (QED) is 0.381. The van der Waals surface area contributed by atoms with E-state index in [1.807, 2.05) is 84.9 Å². The van der Waals surface area contributed by atoms with Crippen molar-refractivity contribution in [1.82, 2.24) is 0 Å². The van der Waals surface area contributed by atoms with E-state index in [0.29, 0.717) is 0 Å². The number of hydrogen-bond donors (Lipinski definition) is 0. The van der Waals surface area contributed by atoms with Crippen LogP contribution in [0.2, 0.25) is 0 Å². The van der Waals surface area contributed by atoms with Crippen LogP contribution in [-0.4, -0.2) is 11.6 Å². The molecular weight excluding hydrogens is 392 g/mol. The maximum Gasteiger partial charge on any atom is 0.194 e. The van der Waals surface area contributed by atoms with E-state index < -0.39 is 5.41 Å². The molecule has 0 unspecified atom stereocenters. The van der Waals surface area contributed by atoms with E-state index in [4.69, 9.17) is 0 Å². The molecule has 2 atom stereocenters. The Morgan fingerprint density at radius 1 is 0.562 bits per heavy atom. The standard InChI is InChI=1S/C30H18O2/c31-28-21-14-6-4-12-19(21)25-26(28)23-16-8-9-17-24(23)30(18-10-2-1-3-11-18)27(25)20-13-5-7-15-22(20)29(30)32/h1-17,27H/t27-,30-/m1/s1. The first-order chi connectivity index (χ1) is 15.7.